The van der Waals surface area contributed by atoms with Gasteiger partial charge in [-0.05, 0) is 157 Å². The first-order chi connectivity index (χ1) is 35.8. The zero-order valence-corrected chi connectivity index (χ0v) is 39.3. The van der Waals surface area contributed by atoms with Crippen LogP contribution in [0.15, 0.2) is 261 Å². The molecule has 1 spiro atoms. The molecule has 1 heteroatoms. The van der Waals surface area contributed by atoms with E-state index in [1.165, 1.54) is 143 Å². The van der Waals surface area contributed by atoms with E-state index in [4.69, 9.17) is 0 Å². The second-order valence-corrected chi connectivity index (χ2v) is 19.8. The van der Waals surface area contributed by atoms with Gasteiger partial charge in [0.25, 0.3) is 0 Å². The average molecular weight is 910 g/mol. The number of benzene rings is 13. The SMILES string of the molecule is c1ccc(-c2c3ccccc3c(-c3ccc4c(c3)C3(c5ccccc5-c5ccccc53)c3cc(-c5cc6c(c7ccccc57)c5c7ccccc7ccc5n6-c5ccccc5)ccc3-4)c3ccccc23)cc1. The minimum absolute atomic E-state index is 0.558. The Morgan fingerprint density at radius 3 is 1.35 bits per heavy atom. The van der Waals surface area contributed by atoms with Crippen molar-refractivity contribution in [2.45, 2.75) is 5.41 Å². The molecule has 13 aromatic carbocycles. The van der Waals surface area contributed by atoms with Gasteiger partial charge in [-0.2, -0.15) is 0 Å². The van der Waals surface area contributed by atoms with Gasteiger partial charge in [-0.15, -0.1) is 0 Å². The molecule has 0 amide bonds. The number of nitrogens with zero attached hydrogens (tertiary/aromatic N) is 1. The summed E-state index contributed by atoms with van der Waals surface area (Å²) in [7, 11) is 0. The average Bonchev–Trinajstić information content (AvgIpc) is 4.06. The number of hydrogen-bond donors (Lipinski definition) is 0. The molecule has 0 saturated carbocycles. The molecule has 72 heavy (non-hydrogen) atoms. The van der Waals surface area contributed by atoms with Crippen molar-refractivity contribution in [3.63, 3.8) is 0 Å². The maximum Gasteiger partial charge on any atom is 0.0725 e. The summed E-state index contributed by atoms with van der Waals surface area (Å²) < 4.78 is 2.49. The van der Waals surface area contributed by atoms with E-state index < -0.39 is 5.41 Å². The number of hydrogen-bond acceptors (Lipinski definition) is 0. The lowest BCUT2D eigenvalue weighted by Crippen LogP contribution is -2.26. The summed E-state index contributed by atoms with van der Waals surface area (Å²) in [4.78, 5) is 0. The van der Waals surface area contributed by atoms with Crippen LogP contribution in [0.25, 0.3) is 126 Å². The van der Waals surface area contributed by atoms with E-state index in [1.54, 1.807) is 0 Å². The molecular weight excluding hydrogens is 867 g/mol. The van der Waals surface area contributed by atoms with Gasteiger partial charge in [-0.25, -0.2) is 0 Å². The summed E-state index contributed by atoms with van der Waals surface area (Å²) in [5.74, 6) is 0. The van der Waals surface area contributed by atoms with E-state index in [0.717, 1.165) is 5.69 Å². The molecule has 16 rings (SSSR count). The highest BCUT2D eigenvalue weighted by Crippen LogP contribution is 2.64. The number of fused-ring (bicyclic) bond motifs is 19. The summed E-state index contributed by atoms with van der Waals surface area (Å²) >= 11 is 0. The highest BCUT2D eigenvalue weighted by atomic mass is 15.0. The third-order valence-corrected chi connectivity index (χ3v) is 16.4. The third kappa shape index (κ3) is 5.21. The Morgan fingerprint density at radius 2 is 0.708 bits per heavy atom. The lowest BCUT2D eigenvalue weighted by Gasteiger charge is -2.31. The zero-order valence-electron chi connectivity index (χ0n) is 39.3. The van der Waals surface area contributed by atoms with Crippen molar-refractivity contribution in [1.29, 1.82) is 0 Å². The van der Waals surface area contributed by atoms with Crippen LogP contribution in [0.3, 0.4) is 0 Å². The van der Waals surface area contributed by atoms with Gasteiger partial charge in [-0.1, -0.05) is 224 Å². The standard InChI is InChI=1S/C71H43N/c1-3-20-45(21-4-1)67-56-29-11-13-31-58(56)68(59-32-14-12-30-57(59)67)47-36-39-54-53-38-35-46(41-63(53)71(64(54)42-47)61-33-17-15-26-51(61)52-27-16-18-34-62(52)71)60-43-66-70(55-28-10-9-25-50(55)60)69-49-24-8-7-19-44(49)37-40-65(69)72(66)48-22-5-2-6-23-48/h1-43H. The first kappa shape index (κ1) is 39.5. The fraction of sp³-hybridized carbons (Fsp3) is 0.0141. The molecule has 14 aromatic rings. The Labute approximate surface area is 417 Å². The van der Waals surface area contributed by atoms with Crippen molar-refractivity contribution < 1.29 is 0 Å². The van der Waals surface area contributed by atoms with Crippen molar-refractivity contribution in [2.24, 2.45) is 0 Å². The highest BCUT2D eigenvalue weighted by molar-refractivity contribution is 6.30. The summed E-state index contributed by atoms with van der Waals surface area (Å²) in [5.41, 5.74) is 21.0. The molecule has 332 valence electrons. The van der Waals surface area contributed by atoms with Crippen LogP contribution < -0.4 is 0 Å². The lowest BCUT2D eigenvalue weighted by atomic mass is 9.69. The molecule has 0 atom stereocenters. The van der Waals surface area contributed by atoms with E-state index >= 15 is 0 Å². The van der Waals surface area contributed by atoms with Gasteiger partial charge in [0.05, 0.1) is 16.4 Å². The summed E-state index contributed by atoms with van der Waals surface area (Å²) in [6, 6.07) is 98.1. The predicted molar refractivity (Wildman–Crippen MR) is 303 cm³/mol. The summed E-state index contributed by atoms with van der Waals surface area (Å²) in [6.45, 7) is 0. The van der Waals surface area contributed by atoms with Crippen LogP contribution in [-0.4, -0.2) is 4.57 Å². The molecule has 0 fully saturated rings. The number of para-hydroxylation sites is 1. The largest absolute Gasteiger partial charge is 0.309 e. The molecule has 0 bridgehead atoms. The maximum absolute atomic E-state index is 2.56. The van der Waals surface area contributed by atoms with E-state index in [9.17, 15) is 0 Å². The molecule has 0 radical (unpaired) electrons. The Bertz CT molecular complexity index is 4510. The predicted octanol–water partition coefficient (Wildman–Crippen LogP) is 18.7. The third-order valence-electron chi connectivity index (χ3n) is 16.4. The van der Waals surface area contributed by atoms with E-state index in [-0.39, 0.29) is 0 Å². The number of aromatic nitrogens is 1. The molecule has 1 heterocycles. The maximum atomic E-state index is 2.56. The van der Waals surface area contributed by atoms with E-state index in [2.05, 4.69) is 265 Å². The molecule has 1 aromatic heterocycles. The zero-order chi connectivity index (χ0) is 47.1. The number of rotatable bonds is 4. The van der Waals surface area contributed by atoms with Crippen LogP contribution in [0.1, 0.15) is 22.3 Å². The van der Waals surface area contributed by atoms with Gasteiger partial charge in [-0.3, -0.25) is 0 Å². The minimum Gasteiger partial charge on any atom is -0.309 e. The van der Waals surface area contributed by atoms with Gasteiger partial charge >= 0.3 is 0 Å². The van der Waals surface area contributed by atoms with Crippen LogP contribution in [0, 0.1) is 0 Å². The highest BCUT2D eigenvalue weighted by Gasteiger charge is 2.52. The normalized spacial score (nSPS) is 13.1. The smallest absolute Gasteiger partial charge is 0.0725 e. The fourth-order valence-electron chi connectivity index (χ4n) is 13.6. The Morgan fingerprint density at radius 1 is 0.250 bits per heavy atom. The lowest BCUT2D eigenvalue weighted by molar-refractivity contribution is 0.794. The van der Waals surface area contributed by atoms with E-state index in [1.807, 2.05) is 0 Å². The van der Waals surface area contributed by atoms with Crippen LogP contribution in [-0.2, 0) is 5.41 Å². The summed E-state index contributed by atoms with van der Waals surface area (Å²) in [5, 5.41) is 12.7. The monoisotopic (exact) mass is 909 g/mol. The van der Waals surface area contributed by atoms with Crippen molar-refractivity contribution in [1.82, 2.24) is 4.57 Å². The Balaban J connectivity index is 0.988. The molecule has 1 nitrogen and oxygen atoms in total. The van der Waals surface area contributed by atoms with Crippen molar-refractivity contribution >= 4 is 64.9 Å². The second-order valence-electron chi connectivity index (χ2n) is 19.8. The first-order valence-corrected chi connectivity index (χ1v) is 25.2. The Hall–Kier alpha value is -9.30. The van der Waals surface area contributed by atoms with Gasteiger partial charge in [0, 0.05) is 16.5 Å². The van der Waals surface area contributed by atoms with Crippen molar-refractivity contribution in [3.05, 3.63) is 283 Å². The second kappa shape index (κ2) is 14.9. The topological polar surface area (TPSA) is 4.93 Å². The molecule has 0 saturated heterocycles. The van der Waals surface area contributed by atoms with Gasteiger partial charge in [0.2, 0.25) is 0 Å². The van der Waals surface area contributed by atoms with Crippen LogP contribution >= 0.6 is 0 Å². The van der Waals surface area contributed by atoms with Gasteiger partial charge in [0.1, 0.15) is 0 Å². The molecule has 0 N–H and O–H groups in total. The van der Waals surface area contributed by atoms with Gasteiger partial charge in [0.15, 0.2) is 0 Å². The minimum atomic E-state index is -0.558. The molecule has 0 unspecified atom stereocenters. The van der Waals surface area contributed by atoms with E-state index in [0.29, 0.717) is 0 Å². The quantitative estimate of drug-likeness (QED) is 0.155. The Kier molecular flexibility index (Phi) is 8.16. The molecule has 0 aliphatic heterocycles. The summed E-state index contributed by atoms with van der Waals surface area (Å²) in [6.07, 6.45) is 0. The van der Waals surface area contributed by atoms with Crippen LogP contribution in [0.5, 0.6) is 0 Å². The van der Waals surface area contributed by atoms with Crippen molar-refractivity contribution in [2.75, 3.05) is 0 Å². The molecule has 2 aliphatic carbocycles. The van der Waals surface area contributed by atoms with Gasteiger partial charge < -0.3 is 4.57 Å². The fourth-order valence-corrected chi connectivity index (χ4v) is 13.6. The first-order valence-electron chi connectivity index (χ1n) is 25.2. The van der Waals surface area contributed by atoms with Crippen molar-refractivity contribution in [3.8, 4) is 61.3 Å². The van der Waals surface area contributed by atoms with Crippen LogP contribution in [0.2, 0.25) is 0 Å². The molecular formula is C71H43N. The van der Waals surface area contributed by atoms with Crippen LogP contribution in [0.4, 0.5) is 0 Å². The molecule has 2 aliphatic rings.